The van der Waals surface area contributed by atoms with Gasteiger partial charge in [-0.3, -0.25) is 5.32 Å². The molecule has 0 aromatic carbocycles. The zero-order valence-electron chi connectivity index (χ0n) is 7.62. The van der Waals surface area contributed by atoms with Gasteiger partial charge in [0.1, 0.15) is 12.8 Å². The van der Waals surface area contributed by atoms with Crippen molar-refractivity contribution in [3.63, 3.8) is 0 Å². The molecule has 0 aromatic heterocycles. The summed E-state index contributed by atoms with van der Waals surface area (Å²) in [6.45, 7) is 4.93. The van der Waals surface area contributed by atoms with Crippen LogP contribution in [0.25, 0.3) is 0 Å². The molecule has 0 radical (unpaired) electrons. The Balaban J connectivity index is 3.51. The van der Waals surface area contributed by atoms with E-state index in [0.29, 0.717) is 0 Å². The van der Waals surface area contributed by atoms with Gasteiger partial charge in [0.25, 0.3) is 0 Å². The molecule has 5 heteroatoms. The third-order valence-corrected chi connectivity index (χ3v) is 1.21. The van der Waals surface area contributed by atoms with E-state index in [1.54, 1.807) is 0 Å². The molecule has 13 heavy (non-hydrogen) atoms. The van der Waals surface area contributed by atoms with Crippen LogP contribution in [0.5, 0.6) is 0 Å². The van der Waals surface area contributed by atoms with E-state index in [9.17, 15) is 4.79 Å². The number of carbonyl (C=O) groups excluding carboxylic acids is 1. The third kappa shape index (κ3) is 6.27. The van der Waals surface area contributed by atoms with E-state index in [1.807, 2.05) is 0 Å². The lowest BCUT2D eigenvalue weighted by Crippen LogP contribution is -2.35. The minimum absolute atomic E-state index is 0.0779. The quantitative estimate of drug-likeness (QED) is 0.284. The summed E-state index contributed by atoms with van der Waals surface area (Å²) in [5.74, 6) is -0.537. The summed E-state index contributed by atoms with van der Waals surface area (Å²) in [5.41, 5.74) is 0.286. The number of esters is 1. The monoisotopic (exact) mass is 189 g/mol. The van der Waals surface area contributed by atoms with E-state index in [0.717, 1.165) is 0 Å². The Kier molecular flexibility index (Phi) is 6.13. The topological polar surface area (TPSA) is 78.8 Å². The Labute approximate surface area is 77.0 Å². The number of rotatable bonds is 6. The van der Waals surface area contributed by atoms with Crippen molar-refractivity contribution in [1.29, 1.82) is 0 Å². The fraction of sp³-hybridized carbons (Fsp3) is 0.625. The van der Waals surface area contributed by atoms with Gasteiger partial charge in [0.2, 0.25) is 0 Å². The Hall–Kier alpha value is -0.910. The minimum Gasteiger partial charge on any atom is -0.458 e. The van der Waals surface area contributed by atoms with Gasteiger partial charge in [-0.05, 0) is 6.92 Å². The van der Waals surface area contributed by atoms with Gasteiger partial charge < -0.3 is 14.9 Å². The van der Waals surface area contributed by atoms with Gasteiger partial charge >= 0.3 is 5.97 Å². The first kappa shape index (κ1) is 12.1. The van der Waals surface area contributed by atoms with Crippen LogP contribution in [0.4, 0.5) is 0 Å². The summed E-state index contributed by atoms with van der Waals surface area (Å²) in [5, 5.41) is 20.0. The van der Waals surface area contributed by atoms with Crippen molar-refractivity contribution < 1.29 is 19.7 Å². The summed E-state index contributed by atoms with van der Waals surface area (Å²) in [6.07, 6.45) is -0.949. The molecule has 0 amide bonds. The van der Waals surface area contributed by atoms with Crippen LogP contribution in [0.1, 0.15) is 6.92 Å². The number of aliphatic hydroxyl groups is 2. The molecule has 5 nitrogen and oxygen atoms in total. The van der Waals surface area contributed by atoms with Crippen LogP contribution in [0.2, 0.25) is 0 Å². The molecule has 1 atom stereocenters. The molecular formula is C8H15NO4. The number of hydrogen-bond acceptors (Lipinski definition) is 5. The van der Waals surface area contributed by atoms with Gasteiger partial charge in [0.15, 0.2) is 0 Å². The molecule has 0 spiro atoms. The molecule has 76 valence electrons. The van der Waals surface area contributed by atoms with Crippen LogP contribution in [0.3, 0.4) is 0 Å². The minimum atomic E-state index is -0.949. The van der Waals surface area contributed by atoms with E-state index >= 15 is 0 Å². The lowest BCUT2D eigenvalue weighted by Gasteiger charge is -2.11. The van der Waals surface area contributed by atoms with Crippen molar-refractivity contribution in [2.75, 3.05) is 19.8 Å². The smallest absolute Gasteiger partial charge is 0.333 e. The van der Waals surface area contributed by atoms with Crippen LogP contribution in [-0.4, -0.2) is 42.2 Å². The Bertz CT molecular complexity index is 181. The zero-order valence-corrected chi connectivity index (χ0v) is 7.62. The predicted octanol–water partition coefficient (Wildman–Crippen LogP) is -0.994. The molecular weight excluding hydrogens is 174 g/mol. The first-order valence-corrected chi connectivity index (χ1v) is 3.93. The van der Waals surface area contributed by atoms with Gasteiger partial charge in [-0.2, -0.15) is 0 Å². The second-order valence-corrected chi connectivity index (χ2v) is 2.57. The third-order valence-electron chi connectivity index (χ3n) is 1.21. The summed E-state index contributed by atoms with van der Waals surface area (Å²) in [6, 6.07) is 0. The molecule has 0 saturated heterocycles. The standard InChI is InChI=1S/C8H15NO4/c1-6(2)8(12)13-5-7(11)9-3-4-10/h7,9-11H,1,3-5H2,2H3. The SMILES string of the molecule is C=C(C)C(=O)OCC(O)NCCO. The molecule has 0 saturated carbocycles. The van der Waals surface area contributed by atoms with E-state index in [2.05, 4.69) is 16.6 Å². The molecule has 0 aromatic rings. The second kappa shape index (κ2) is 6.59. The van der Waals surface area contributed by atoms with Crippen LogP contribution in [-0.2, 0) is 9.53 Å². The zero-order chi connectivity index (χ0) is 10.3. The van der Waals surface area contributed by atoms with Gasteiger partial charge in [-0.15, -0.1) is 0 Å². The Morgan fingerprint density at radius 1 is 1.69 bits per heavy atom. The summed E-state index contributed by atoms with van der Waals surface area (Å²) in [4.78, 5) is 10.8. The van der Waals surface area contributed by atoms with E-state index < -0.39 is 12.2 Å². The van der Waals surface area contributed by atoms with E-state index in [4.69, 9.17) is 10.2 Å². The maximum atomic E-state index is 10.8. The van der Waals surface area contributed by atoms with Crippen molar-refractivity contribution in [2.45, 2.75) is 13.2 Å². The number of aliphatic hydroxyl groups excluding tert-OH is 2. The van der Waals surface area contributed by atoms with Gasteiger partial charge in [0.05, 0.1) is 6.61 Å². The second-order valence-electron chi connectivity index (χ2n) is 2.57. The van der Waals surface area contributed by atoms with Crippen molar-refractivity contribution in [3.8, 4) is 0 Å². The van der Waals surface area contributed by atoms with Gasteiger partial charge in [0, 0.05) is 12.1 Å². The van der Waals surface area contributed by atoms with Crippen molar-refractivity contribution in [1.82, 2.24) is 5.32 Å². The number of ether oxygens (including phenoxy) is 1. The molecule has 3 N–H and O–H groups in total. The van der Waals surface area contributed by atoms with Crippen LogP contribution in [0, 0.1) is 0 Å². The van der Waals surface area contributed by atoms with Crippen molar-refractivity contribution in [3.05, 3.63) is 12.2 Å². The molecule has 0 bridgehead atoms. The Morgan fingerprint density at radius 3 is 2.77 bits per heavy atom. The molecule has 0 heterocycles. The van der Waals surface area contributed by atoms with Crippen molar-refractivity contribution >= 4 is 5.97 Å². The normalized spacial score (nSPS) is 12.2. The molecule has 0 fully saturated rings. The summed E-state index contributed by atoms with van der Waals surface area (Å²) >= 11 is 0. The number of hydrogen-bond donors (Lipinski definition) is 3. The molecule has 0 aliphatic carbocycles. The summed E-state index contributed by atoms with van der Waals surface area (Å²) < 4.78 is 4.63. The fourth-order valence-electron chi connectivity index (χ4n) is 0.568. The van der Waals surface area contributed by atoms with E-state index in [-0.39, 0.29) is 25.3 Å². The average Bonchev–Trinajstić information content (AvgIpc) is 2.10. The summed E-state index contributed by atoms with van der Waals surface area (Å²) in [7, 11) is 0. The first-order chi connectivity index (χ1) is 6.07. The maximum absolute atomic E-state index is 10.8. The average molecular weight is 189 g/mol. The first-order valence-electron chi connectivity index (χ1n) is 3.93. The van der Waals surface area contributed by atoms with Crippen LogP contribution in [0.15, 0.2) is 12.2 Å². The largest absolute Gasteiger partial charge is 0.458 e. The van der Waals surface area contributed by atoms with E-state index in [1.165, 1.54) is 6.92 Å². The van der Waals surface area contributed by atoms with Gasteiger partial charge in [-0.25, -0.2) is 4.79 Å². The van der Waals surface area contributed by atoms with Crippen LogP contribution < -0.4 is 5.32 Å². The molecule has 1 unspecified atom stereocenters. The highest BCUT2D eigenvalue weighted by Crippen LogP contribution is 1.92. The van der Waals surface area contributed by atoms with Crippen LogP contribution >= 0.6 is 0 Å². The maximum Gasteiger partial charge on any atom is 0.333 e. The number of nitrogens with one attached hydrogen (secondary N) is 1. The lowest BCUT2D eigenvalue weighted by atomic mass is 10.4. The number of carbonyl (C=O) groups is 1. The van der Waals surface area contributed by atoms with Crippen molar-refractivity contribution in [2.24, 2.45) is 0 Å². The highest BCUT2D eigenvalue weighted by molar-refractivity contribution is 5.86. The molecule has 0 aliphatic rings. The van der Waals surface area contributed by atoms with Gasteiger partial charge in [-0.1, -0.05) is 6.58 Å². The fourth-order valence-corrected chi connectivity index (χ4v) is 0.568. The lowest BCUT2D eigenvalue weighted by molar-refractivity contribution is -0.142. The molecule has 0 aliphatic heterocycles. The Morgan fingerprint density at radius 2 is 2.31 bits per heavy atom. The predicted molar refractivity (Wildman–Crippen MR) is 46.9 cm³/mol. The highest BCUT2D eigenvalue weighted by Gasteiger charge is 2.07. The molecule has 0 rings (SSSR count). The highest BCUT2D eigenvalue weighted by atomic mass is 16.5.